The fourth-order valence-electron chi connectivity index (χ4n) is 3.49. The van der Waals surface area contributed by atoms with E-state index in [0.717, 1.165) is 31.9 Å². The fraction of sp³-hybridized carbons (Fsp3) is 0.647. The summed E-state index contributed by atoms with van der Waals surface area (Å²) in [5, 5.41) is 0. The lowest BCUT2D eigenvalue weighted by Gasteiger charge is -2.36. The molecule has 1 aromatic heterocycles. The number of pyridine rings is 1. The van der Waals surface area contributed by atoms with Crippen molar-refractivity contribution in [2.45, 2.75) is 18.9 Å². The van der Waals surface area contributed by atoms with Crippen LogP contribution in [-0.2, 0) is 14.6 Å². The van der Waals surface area contributed by atoms with Crippen LogP contribution in [0.2, 0.25) is 0 Å². The van der Waals surface area contributed by atoms with Crippen LogP contribution >= 0.6 is 0 Å². The lowest BCUT2D eigenvalue weighted by atomic mass is 10.2. The van der Waals surface area contributed by atoms with Crippen molar-refractivity contribution in [3.8, 4) is 0 Å². The summed E-state index contributed by atoms with van der Waals surface area (Å²) < 4.78 is 23.1. The molecule has 1 atom stereocenters. The van der Waals surface area contributed by atoms with Gasteiger partial charge < -0.3 is 14.7 Å². The van der Waals surface area contributed by atoms with Gasteiger partial charge in [-0.1, -0.05) is 0 Å². The summed E-state index contributed by atoms with van der Waals surface area (Å²) in [5.41, 5.74) is 1.09. The molecule has 3 rings (SSSR count). The minimum atomic E-state index is -2.88. The molecule has 8 heteroatoms. The van der Waals surface area contributed by atoms with Gasteiger partial charge in [0, 0.05) is 51.4 Å². The molecule has 0 saturated carbocycles. The van der Waals surface area contributed by atoms with Crippen molar-refractivity contribution in [3.63, 3.8) is 0 Å². The molecule has 1 amide bonds. The van der Waals surface area contributed by atoms with Gasteiger partial charge in [-0.2, -0.15) is 0 Å². The van der Waals surface area contributed by atoms with Gasteiger partial charge >= 0.3 is 0 Å². The van der Waals surface area contributed by atoms with E-state index in [1.54, 1.807) is 6.20 Å². The summed E-state index contributed by atoms with van der Waals surface area (Å²) in [5.74, 6) is 0.645. The van der Waals surface area contributed by atoms with Crippen LogP contribution in [0.5, 0.6) is 0 Å². The van der Waals surface area contributed by atoms with Crippen molar-refractivity contribution in [2.24, 2.45) is 0 Å². The van der Waals surface area contributed by atoms with E-state index in [-0.39, 0.29) is 23.5 Å². The summed E-state index contributed by atoms with van der Waals surface area (Å²) in [6, 6.07) is 4.02. The first-order valence-corrected chi connectivity index (χ1v) is 10.6. The van der Waals surface area contributed by atoms with Gasteiger partial charge in [0.15, 0.2) is 9.84 Å². The lowest BCUT2D eigenvalue weighted by molar-refractivity contribution is -0.131. The minimum absolute atomic E-state index is 0.0558. The first kappa shape index (κ1) is 18.1. The Hall–Kier alpha value is -1.67. The Balaban J connectivity index is 1.42. The number of rotatable bonds is 5. The molecule has 0 radical (unpaired) electrons. The van der Waals surface area contributed by atoms with Gasteiger partial charge in [0.1, 0.15) is 0 Å². The molecule has 25 heavy (non-hydrogen) atoms. The second kappa shape index (κ2) is 7.70. The second-order valence-corrected chi connectivity index (χ2v) is 9.10. The summed E-state index contributed by atoms with van der Waals surface area (Å²) in [4.78, 5) is 22.8. The van der Waals surface area contributed by atoms with E-state index in [1.165, 1.54) is 0 Å². The molecule has 1 unspecified atom stereocenters. The molecule has 2 aliphatic rings. The zero-order valence-corrected chi connectivity index (χ0v) is 15.5. The molecule has 2 saturated heterocycles. The van der Waals surface area contributed by atoms with Gasteiger partial charge in [0.05, 0.1) is 23.4 Å². The third-order valence-electron chi connectivity index (χ3n) is 5.15. The normalized spacial score (nSPS) is 23.2. The molecule has 138 valence electrons. The van der Waals surface area contributed by atoms with Gasteiger partial charge in [-0.25, -0.2) is 8.42 Å². The summed E-state index contributed by atoms with van der Waals surface area (Å²) in [7, 11) is -0.964. The maximum atomic E-state index is 12.4. The van der Waals surface area contributed by atoms with Crippen molar-refractivity contribution in [1.29, 1.82) is 0 Å². The van der Waals surface area contributed by atoms with Crippen LogP contribution in [0.4, 0.5) is 5.69 Å². The van der Waals surface area contributed by atoms with Gasteiger partial charge in [-0.3, -0.25) is 9.78 Å². The third kappa shape index (κ3) is 4.70. The number of sulfone groups is 1. The molecule has 2 fully saturated rings. The molecule has 0 bridgehead atoms. The highest BCUT2D eigenvalue weighted by molar-refractivity contribution is 7.91. The lowest BCUT2D eigenvalue weighted by Crippen LogP contribution is -2.49. The summed E-state index contributed by atoms with van der Waals surface area (Å²) >= 11 is 0. The van der Waals surface area contributed by atoms with E-state index in [0.29, 0.717) is 19.4 Å². The first-order valence-electron chi connectivity index (χ1n) is 8.78. The van der Waals surface area contributed by atoms with E-state index in [2.05, 4.69) is 9.88 Å². The SMILES string of the molecule is CN(CCC(=O)N1CCN(c2cccnc2)CC1)C1CCS(=O)(=O)C1. The highest BCUT2D eigenvalue weighted by Gasteiger charge is 2.31. The first-order chi connectivity index (χ1) is 11.9. The number of carbonyl (C=O) groups is 1. The molecule has 0 N–H and O–H groups in total. The highest BCUT2D eigenvalue weighted by Crippen LogP contribution is 2.17. The van der Waals surface area contributed by atoms with E-state index in [9.17, 15) is 13.2 Å². The summed E-state index contributed by atoms with van der Waals surface area (Å²) in [6.07, 6.45) is 4.73. The number of hydrogen-bond donors (Lipinski definition) is 0. The number of nitrogens with zero attached hydrogens (tertiary/aromatic N) is 4. The Bertz CT molecular complexity index is 687. The van der Waals surface area contributed by atoms with Crippen LogP contribution in [0.1, 0.15) is 12.8 Å². The van der Waals surface area contributed by atoms with Gasteiger partial charge in [-0.15, -0.1) is 0 Å². The number of carbonyl (C=O) groups excluding carboxylic acids is 1. The van der Waals surface area contributed by atoms with E-state index < -0.39 is 9.84 Å². The Labute approximate surface area is 149 Å². The maximum Gasteiger partial charge on any atom is 0.223 e. The smallest absolute Gasteiger partial charge is 0.223 e. The molecule has 0 aliphatic carbocycles. The number of anilines is 1. The van der Waals surface area contributed by atoms with Gasteiger partial charge in [0.2, 0.25) is 5.91 Å². The fourth-order valence-corrected chi connectivity index (χ4v) is 5.30. The molecule has 0 aromatic carbocycles. The molecule has 0 spiro atoms. The Kier molecular flexibility index (Phi) is 5.58. The predicted molar refractivity (Wildman–Crippen MR) is 97.3 cm³/mol. The number of amides is 1. The number of piperazine rings is 1. The minimum Gasteiger partial charge on any atom is -0.367 e. The van der Waals surface area contributed by atoms with Crippen LogP contribution in [0, 0.1) is 0 Å². The number of hydrogen-bond acceptors (Lipinski definition) is 6. The quantitative estimate of drug-likeness (QED) is 0.743. The second-order valence-electron chi connectivity index (χ2n) is 6.87. The molecular formula is C17H26N4O3S. The van der Waals surface area contributed by atoms with Crippen LogP contribution in [-0.4, -0.2) is 86.4 Å². The van der Waals surface area contributed by atoms with Crippen molar-refractivity contribution in [1.82, 2.24) is 14.8 Å². The molecule has 2 aliphatic heterocycles. The summed E-state index contributed by atoms with van der Waals surface area (Å²) in [6.45, 7) is 3.68. The monoisotopic (exact) mass is 366 g/mol. The average molecular weight is 366 g/mol. The zero-order valence-electron chi connectivity index (χ0n) is 14.7. The standard InChI is InChI=1S/C17H26N4O3S/c1-19(16-5-12-25(23,24)14-16)7-4-17(22)21-10-8-20(9-11-21)15-3-2-6-18-13-15/h2-3,6,13,16H,4-5,7-12,14H2,1H3. The van der Waals surface area contributed by atoms with Crippen LogP contribution < -0.4 is 4.90 Å². The van der Waals surface area contributed by atoms with Crippen molar-refractivity contribution in [3.05, 3.63) is 24.5 Å². The largest absolute Gasteiger partial charge is 0.367 e. The maximum absolute atomic E-state index is 12.4. The Morgan fingerprint density at radius 3 is 2.68 bits per heavy atom. The topological polar surface area (TPSA) is 73.8 Å². The van der Waals surface area contributed by atoms with E-state index in [1.807, 2.05) is 35.2 Å². The van der Waals surface area contributed by atoms with Crippen LogP contribution in [0.3, 0.4) is 0 Å². The van der Waals surface area contributed by atoms with Crippen LogP contribution in [0.25, 0.3) is 0 Å². The van der Waals surface area contributed by atoms with Crippen molar-refractivity contribution >= 4 is 21.4 Å². The Morgan fingerprint density at radius 2 is 2.08 bits per heavy atom. The average Bonchev–Trinajstić information content (AvgIpc) is 3.00. The molecular weight excluding hydrogens is 340 g/mol. The van der Waals surface area contributed by atoms with Crippen LogP contribution in [0.15, 0.2) is 24.5 Å². The zero-order chi connectivity index (χ0) is 17.9. The number of aromatic nitrogens is 1. The van der Waals surface area contributed by atoms with Gasteiger partial charge in [-0.05, 0) is 25.6 Å². The highest BCUT2D eigenvalue weighted by atomic mass is 32.2. The van der Waals surface area contributed by atoms with E-state index in [4.69, 9.17) is 0 Å². The third-order valence-corrected chi connectivity index (χ3v) is 6.90. The molecule has 1 aromatic rings. The Morgan fingerprint density at radius 1 is 1.32 bits per heavy atom. The predicted octanol–water partition coefficient (Wildman–Crippen LogP) is 0.239. The van der Waals surface area contributed by atoms with E-state index >= 15 is 0 Å². The van der Waals surface area contributed by atoms with Crippen molar-refractivity contribution < 1.29 is 13.2 Å². The molecule has 7 nitrogen and oxygen atoms in total. The van der Waals surface area contributed by atoms with Gasteiger partial charge in [0.25, 0.3) is 0 Å². The molecule has 3 heterocycles. The van der Waals surface area contributed by atoms with Crippen molar-refractivity contribution in [2.75, 3.05) is 56.2 Å².